The van der Waals surface area contributed by atoms with E-state index in [0.29, 0.717) is 17.1 Å². The largest absolute Gasteiger partial charge is 0.206 e. The second-order valence-corrected chi connectivity index (χ2v) is 7.86. The Kier molecular flexibility index (Phi) is 12.7. The van der Waals surface area contributed by atoms with Crippen LogP contribution >= 0.6 is 0 Å². The van der Waals surface area contributed by atoms with E-state index in [4.69, 9.17) is 0 Å². The maximum absolute atomic E-state index is 14.6. The Hall–Kier alpha value is -3.07. The zero-order valence-corrected chi connectivity index (χ0v) is 19.7. The number of hydrogen-bond acceptors (Lipinski definition) is 0. The van der Waals surface area contributed by atoms with Crippen LogP contribution in [-0.2, 0) is 0 Å². The summed E-state index contributed by atoms with van der Waals surface area (Å²) >= 11 is 0. The molecule has 1 unspecified atom stereocenters. The summed E-state index contributed by atoms with van der Waals surface area (Å²) in [5, 5.41) is 0. The third kappa shape index (κ3) is 9.82. The van der Waals surface area contributed by atoms with Gasteiger partial charge < -0.3 is 0 Å². The molecule has 1 atom stereocenters. The van der Waals surface area contributed by atoms with Gasteiger partial charge in [0.2, 0.25) is 0 Å². The van der Waals surface area contributed by atoms with Gasteiger partial charge in [0, 0.05) is 11.1 Å². The lowest BCUT2D eigenvalue weighted by Crippen LogP contribution is -1.94. The van der Waals surface area contributed by atoms with Gasteiger partial charge >= 0.3 is 0 Å². The molecule has 0 saturated carbocycles. The zero-order chi connectivity index (χ0) is 25.0. The topological polar surface area (TPSA) is 0 Å². The summed E-state index contributed by atoms with van der Waals surface area (Å²) in [6, 6.07) is 0. The van der Waals surface area contributed by atoms with Gasteiger partial charge in [0.25, 0.3) is 0 Å². The van der Waals surface area contributed by atoms with Crippen LogP contribution < -0.4 is 0 Å². The van der Waals surface area contributed by atoms with Crippen LogP contribution in [0.25, 0.3) is 0 Å². The minimum atomic E-state index is -1.13. The molecule has 0 aromatic heterocycles. The molecule has 3 heteroatoms. The Balaban J connectivity index is 5.16. The van der Waals surface area contributed by atoms with Crippen molar-refractivity contribution in [1.82, 2.24) is 0 Å². The molecule has 0 radical (unpaired) electrons. The highest BCUT2D eigenvalue weighted by molar-refractivity contribution is 5.53. The van der Waals surface area contributed by atoms with Crippen molar-refractivity contribution in [2.24, 2.45) is 5.92 Å². The average molecular weight is 441 g/mol. The van der Waals surface area contributed by atoms with Crippen molar-refractivity contribution in [3.63, 3.8) is 0 Å². The zero-order valence-electron chi connectivity index (χ0n) is 19.7. The number of rotatable bonds is 14. The van der Waals surface area contributed by atoms with Crippen molar-refractivity contribution < 1.29 is 13.2 Å². The van der Waals surface area contributed by atoms with E-state index in [1.165, 1.54) is 25.2 Å². The minimum Gasteiger partial charge on any atom is -0.206 e. The van der Waals surface area contributed by atoms with Crippen LogP contribution in [0.1, 0.15) is 40.0 Å². The van der Waals surface area contributed by atoms with Gasteiger partial charge in [0.15, 0.2) is 11.7 Å². The SMILES string of the molecule is C=CCCC(C)C/C=C(\C)C(=C)/C(F)=C\C(=C)C(=C)/C=C\C(=C)C(=C)/C(F)=C(/F)C(=C)C. The predicted octanol–water partition coefficient (Wildman–Crippen LogP) is 9.84. The third-order valence-electron chi connectivity index (χ3n) is 4.87. The Morgan fingerprint density at radius 3 is 1.91 bits per heavy atom. The molecule has 0 nitrogen and oxygen atoms in total. The highest BCUT2D eigenvalue weighted by Gasteiger charge is 2.12. The second-order valence-electron chi connectivity index (χ2n) is 7.86. The van der Waals surface area contributed by atoms with Crippen molar-refractivity contribution in [2.45, 2.75) is 40.0 Å². The molecule has 0 aliphatic rings. The first-order valence-corrected chi connectivity index (χ1v) is 10.3. The second kappa shape index (κ2) is 14.1. The lowest BCUT2D eigenvalue weighted by atomic mass is 9.97. The first kappa shape index (κ1) is 28.9. The van der Waals surface area contributed by atoms with Gasteiger partial charge in [0.05, 0.1) is 0 Å². The summed E-state index contributed by atoms with van der Waals surface area (Å²) in [6.07, 6.45) is 10.8. The standard InChI is InChI=1S/C29H35F3/c1-11-12-13-20(4)14-15-22(6)25(9)27(30)18-24(8)21(5)16-17-23(7)26(10)29(32)28(31)19(2)3/h11,15-18,20H,1-2,5,7-10,12-14H2,3-4,6H3/b17-16-,22-15+,27-18+,29-28-. The van der Waals surface area contributed by atoms with Crippen LogP contribution in [0.15, 0.2) is 133 Å². The summed E-state index contributed by atoms with van der Waals surface area (Å²) < 4.78 is 42.3. The summed E-state index contributed by atoms with van der Waals surface area (Å²) in [6.45, 7) is 31.0. The molecule has 0 bridgehead atoms. The van der Waals surface area contributed by atoms with Crippen LogP contribution in [0.3, 0.4) is 0 Å². The highest BCUT2D eigenvalue weighted by atomic mass is 19.2. The fourth-order valence-corrected chi connectivity index (χ4v) is 2.41. The van der Waals surface area contributed by atoms with E-state index in [1.807, 2.05) is 19.1 Å². The molecule has 0 amide bonds. The molecule has 0 heterocycles. The third-order valence-corrected chi connectivity index (χ3v) is 4.87. The van der Waals surface area contributed by atoms with E-state index in [0.717, 1.165) is 24.8 Å². The fourth-order valence-electron chi connectivity index (χ4n) is 2.41. The Bertz CT molecular complexity index is 929. The molecule has 0 aliphatic carbocycles. The van der Waals surface area contributed by atoms with Gasteiger partial charge in [-0.15, -0.1) is 6.58 Å². The van der Waals surface area contributed by atoms with Crippen molar-refractivity contribution >= 4 is 0 Å². The van der Waals surface area contributed by atoms with Gasteiger partial charge in [-0.25, -0.2) is 13.2 Å². The van der Waals surface area contributed by atoms with E-state index in [1.54, 1.807) is 0 Å². The molecule has 0 aromatic rings. The van der Waals surface area contributed by atoms with Crippen LogP contribution in [0, 0.1) is 5.92 Å². The highest BCUT2D eigenvalue weighted by Crippen LogP contribution is 2.27. The van der Waals surface area contributed by atoms with Gasteiger partial charge in [-0.2, -0.15) is 0 Å². The summed E-state index contributed by atoms with van der Waals surface area (Å²) in [5.41, 5.74) is 1.61. The van der Waals surface area contributed by atoms with Crippen molar-refractivity contribution in [2.75, 3.05) is 0 Å². The fraction of sp³-hybridized carbons (Fsp3) is 0.241. The van der Waals surface area contributed by atoms with E-state index < -0.39 is 17.5 Å². The molecule has 0 fully saturated rings. The van der Waals surface area contributed by atoms with Crippen LogP contribution in [0.5, 0.6) is 0 Å². The van der Waals surface area contributed by atoms with E-state index >= 15 is 0 Å². The molecule has 0 aromatic carbocycles. The van der Waals surface area contributed by atoms with Crippen LogP contribution in [0.2, 0.25) is 0 Å². The monoisotopic (exact) mass is 440 g/mol. The minimum absolute atomic E-state index is 0.0466. The van der Waals surface area contributed by atoms with Crippen molar-refractivity contribution in [3.05, 3.63) is 133 Å². The first-order valence-electron chi connectivity index (χ1n) is 10.3. The van der Waals surface area contributed by atoms with Crippen molar-refractivity contribution in [1.29, 1.82) is 0 Å². The number of allylic oxidation sites excluding steroid dienone is 15. The Morgan fingerprint density at radius 1 is 0.812 bits per heavy atom. The Labute approximate surface area is 192 Å². The Morgan fingerprint density at radius 2 is 1.38 bits per heavy atom. The van der Waals surface area contributed by atoms with Crippen molar-refractivity contribution in [3.8, 4) is 0 Å². The quantitative estimate of drug-likeness (QED) is 0.186. The molecule has 0 saturated heterocycles. The van der Waals surface area contributed by atoms with Gasteiger partial charge in [-0.1, -0.05) is 70.7 Å². The summed E-state index contributed by atoms with van der Waals surface area (Å²) in [7, 11) is 0. The normalized spacial score (nSPS) is 13.9. The molecular formula is C29H35F3. The summed E-state index contributed by atoms with van der Waals surface area (Å²) in [4.78, 5) is 0. The molecule has 0 rings (SSSR count). The molecule has 0 spiro atoms. The first-order chi connectivity index (χ1) is 14.8. The van der Waals surface area contributed by atoms with E-state index in [2.05, 4.69) is 53.0 Å². The van der Waals surface area contributed by atoms with Crippen LogP contribution in [-0.4, -0.2) is 0 Å². The predicted molar refractivity (Wildman–Crippen MR) is 135 cm³/mol. The lowest BCUT2D eigenvalue weighted by molar-refractivity contribution is 0.545. The number of hydrogen-bond donors (Lipinski definition) is 0. The van der Waals surface area contributed by atoms with E-state index in [-0.39, 0.29) is 22.3 Å². The van der Waals surface area contributed by atoms with Gasteiger partial charge in [0.1, 0.15) is 5.83 Å². The maximum atomic E-state index is 14.6. The maximum Gasteiger partial charge on any atom is 0.166 e. The molecule has 32 heavy (non-hydrogen) atoms. The molecular weight excluding hydrogens is 405 g/mol. The smallest absolute Gasteiger partial charge is 0.166 e. The summed E-state index contributed by atoms with van der Waals surface area (Å²) in [5.74, 6) is -2.25. The average Bonchev–Trinajstić information content (AvgIpc) is 2.76. The van der Waals surface area contributed by atoms with Crippen LogP contribution in [0.4, 0.5) is 13.2 Å². The number of halogens is 3. The molecule has 0 aliphatic heterocycles. The lowest BCUT2D eigenvalue weighted by Gasteiger charge is -2.09. The van der Waals surface area contributed by atoms with Gasteiger partial charge in [-0.3, -0.25) is 0 Å². The molecule has 0 N–H and O–H groups in total. The van der Waals surface area contributed by atoms with Gasteiger partial charge in [-0.05, 0) is 73.0 Å². The molecule has 172 valence electrons. The van der Waals surface area contributed by atoms with E-state index in [9.17, 15) is 13.2 Å².